The summed E-state index contributed by atoms with van der Waals surface area (Å²) in [5.74, 6) is -0.950. The Bertz CT molecular complexity index is 1000. The fourth-order valence-corrected chi connectivity index (χ4v) is 3.20. The Kier molecular flexibility index (Phi) is 3.91. The van der Waals surface area contributed by atoms with Gasteiger partial charge in [0.05, 0.1) is 18.5 Å². The highest BCUT2D eigenvalue weighted by atomic mass is 19.1. The molecule has 0 saturated heterocycles. The Morgan fingerprint density at radius 2 is 2.08 bits per heavy atom. The molecule has 0 fully saturated rings. The molecule has 1 atom stereocenters. The SMILES string of the molecule is COc1cccc(-n2cnc3c2NC(=O)C[C@@H]3c2cc(F)ccc2F)c1. The summed E-state index contributed by atoms with van der Waals surface area (Å²) in [6.45, 7) is 0. The van der Waals surface area contributed by atoms with Crippen LogP contribution in [0.5, 0.6) is 5.75 Å². The fourth-order valence-electron chi connectivity index (χ4n) is 3.20. The maximum absolute atomic E-state index is 14.3. The summed E-state index contributed by atoms with van der Waals surface area (Å²) >= 11 is 0. The third-order valence-electron chi connectivity index (χ3n) is 4.44. The molecular weight excluding hydrogens is 340 g/mol. The highest BCUT2D eigenvalue weighted by molar-refractivity contribution is 5.94. The Balaban J connectivity index is 1.84. The largest absolute Gasteiger partial charge is 0.497 e. The number of ether oxygens (including phenoxy) is 1. The van der Waals surface area contributed by atoms with Crippen LogP contribution >= 0.6 is 0 Å². The fraction of sp³-hybridized carbons (Fsp3) is 0.158. The van der Waals surface area contributed by atoms with Crippen LogP contribution in [0.4, 0.5) is 14.6 Å². The molecule has 1 aromatic heterocycles. The van der Waals surface area contributed by atoms with Gasteiger partial charge in [-0.05, 0) is 30.3 Å². The van der Waals surface area contributed by atoms with Crippen LogP contribution in [0.15, 0.2) is 48.8 Å². The number of imidazole rings is 1. The summed E-state index contributed by atoms with van der Waals surface area (Å²) in [5.41, 5.74) is 1.35. The van der Waals surface area contributed by atoms with Crippen molar-refractivity contribution in [2.45, 2.75) is 12.3 Å². The third-order valence-corrected chi connectivity index (χ3v) is 4.44. The van der Waals surface area contributed by atoms with Crippen LogP contribution in [0.25, 0.3) is 5.69 Å². The molecule has 1 aliphatic heterocycles. The molecule has 1 aliphatic rings. The number of hydrogen-bond donors (Lipinski definition) is 1. The molecule has 2 heterocycles. The van der Waals surface area contributed by atoms with Crippen LogP contribution in [-0.4, -0.2) is 22.6 Å². The molecule has 132 valence electrons. The van der Waals surface area contributed by atoms with Gasteiger partial charge in [-0.2, -0.15) is 0 Å². The number of aromatic nitrogens is 2. The van der Waals surface area contributed by atoms with Crippen molar-refractivity contribution in [1.82, 2.24) is 9.55 Å². The summed E-state index contributed by atoms with van der Waals surface area (Å²) in [6, 6.07) is 10.5. The van der Waals surface area contributed by atoms with Gasteiger partial charge in [0.2, 0.25) is 5.91 Å². The van der Waals surface area contributed by atoms with E-state index in [1.165, 1.54) is 0 Å². The van der Waals surface area contributed by atoms with E-state index >= 15 is 0 Å². The van der Waals surface area contributed by atoms with Gasteiger partial charge in [0, 0.05) is 24.0 Å². The lowest BCUT2D eigenvalue weighted by molar-refractivity contribution is -0.116. The first kappa shape index (κ1) is 16.3. The predicted octanol–water partition coefficient (Wildman–Crippen LogP) is 3.63. The number of halogens is 2. The van der Waals surface area contributed by atoms with Crippen molar-refractivity contribution in [3.63, 3.8) is 0 Å². The minimum atomic E-state index is -0.652. The van der Waals surface area contributed by atoms with E-state index in [2.05, 4.69) is 10.3 Å². The zero-order chi connectivity index (χ0) is 18.3. The number of amides is 1. The zero-order valence-electron chi connectivity index (χ0n) is 13.9. The van der Waals surface area contributed by atoms with Gasteiger partial charge in [0.15, 0.2) is 0 Å². The summed E-state index contributed by atoms with van der Waals surface area (Å²) < 4.78 is 34.8. The van der Waals surface area contributed by atoms with Gasteiger partial charge in [-0.1, -0.05) is 6.07 Å². The lowest BCUT2D eigenvalue weighted by atomic mass is 9.89. The van der Waals surface area contributed by atoms with Gasteiger partial charge in [-0.15, -0.1) is 0 Å². The molecular formula is C19H15F2N3O2. The van der Waals surface area contributed by atoms with Crippen molar-refractivity contribution in [2.24, 2.45) is 0 Å². The van der Waals surface area contributed by atoms with E-state index in [0.717, 1.165) is 23.9 Å². The van der Waals surface area contributed by atoms with Crippen molar-refractivity contribution in [1.29, 1.82) is 0 Å². The number of fused-ring (bicyclic) bond motifs is 1. The van der Waals surface area contributed by atoms with E-state index in [4.69, 9.17) is 4.74 Å². The molecule has 0 radical (unpaired) electrons. The molecule has 0 aliphatic carbocycles. The summed E-state index contributed by atoms with van der Waals surface area (Å²) in [7, 11) is 1.56. The van der Waals surface area contributed by atoms with Crippen LogP contribution in [0.3, 0.4) is 0 Å². The van der Waals surface area contributed by atoms with E-state index in [-0.39, 0.29) is 17.9 Å². The number of carbonyl (C=O) groups excluding carboxylic acids is 1. The van der Waals surface area contributed by atoms with Crippen molar-refractivity contribution >= 4 is 11.7 Å². The molecule has 5 nitrogen and oxygen atoms in total. The summed E-state index contributed by atoms with van der Waals surface area (Å²) in [6.07, 6.45) is 1.55. The number of hydrogen-bond acceptors (Lipinski definition) is 3. The topological polar surface area (TPSA) is 56.1 Å². The second-order valence-corrected chi connectivity index (χ2v) is 6.02. The monoisotopic (exact) mass is 355 g/mol. The number of rotatable bonds is 3. The van der Waals surface area contributed by atoms with Gasteiger partial charge in [0.25, 0.3) is 0 Å². The Morgan fingerprint density at radius 1 is 1.23 bits per heavy atom. The lowest BCUT2D eigenvalue weighted by Crippen LogP contribution is -2.25. The average Bonchev–Trinajstić information content (AvgIpc) is 3.07. The minimum Gasteiger partial charge on any atom is -0.497 e. The second kappa shape index (κ2) is 6.25. The molecule has 0 bridgehead atoms. The molecule has 0 saturated carbocycles. The zero-order valence-corrected chi connectivity index (χ0v) is 13.9. The molecule has 7 heteroatoms. The Hall–Kier alpha value is -3.22. The Morgan fingerprint density at radius 3 is 2.88 bits per heavy atom. The molecule has 0 spiro atoms. The van der Waals surface area contributed by atoms with Crippen LogP contribution in [0.2, 0.25) is 0 Å². The van der Waals surface area contributed by atoms with Gasteiger partial charge in [-0.25, -0.2) is 13.8 Å². The summed E-state index contributed by atoms with van der Waals surface area (Å²) in [4.78, 5) is 16.6. The highest BCUT2D eigenvalue weighted by Crippen LogP contribution is 2.38. The van der Waals surface area contributed by atoms with Crippen LogP contribution < -0.4 is 10.1 Å². The van der Waals surface area contributed by atoms with E-state index in [0.29, 0.717) is 17.3 Å². The molecule has 4 rings (SSSR count). The van der Waals surface area contributed by atoms with Gasteiger partial charge < -0.3 is 10.1 Å². The van der Waals surface area contributed by atoms with Crippen LogP contribution in [0, 0.1) is 11.6 Å². The molecule has 2 aromatic carbocycles. The normalized spacial score (nSPS) is 16.1. The molecule has 26 heavy (non-hydrogen) atoms. The number of benzene rings is 2. The minimum absolute atomic E-state index is 0.00248. The quantitative estimate of drug-likeness (QED) is 0.781. The molecule has 3 aromatic rings. The van der Waals surface area contributed by atoms with Crippen LogP contribution in [0.1, 0.15) is 23.6 Å². The number of carbonyl (C=O) groups is 1. The maximum Gasteiger partial charge on any atom is 0.226 e. The standard InChI is InChI=1S/C19H15F2N3O2/c1-26-13-4-2-3-12(8-13)24-10-22-18-15(9-17(25)23-19(18)24)14-7-11(20)5-6-16(14)21/h2-8,10,15H,9H2,1H3,(H,23,25)/t15-/m1/s1. The van der Waals surface area contributed by atoms with Gasteiger partial charge in [-0.3, -0.25) is 9.36 Å². The van der Waals surface area contributed by atoms with Gasteiger partial charge in [0.1, 0.15) is 29.5 Å². The smallest absolute Gasteiger partial charge is 0.226 e. The first-order chi connectivity index (χ1) is 12.6. The second-order valence-electron chi connectivity index (χ2n) is 6.02. The van der Waals surface area contributed by atoms with Crippen molar-refractivity contribution in [2.75, 3.05) is 12.4 Å². The summed E-state index contributed by atoms with van der Waals surface area (Å²) in [5, 5.41) is 2.78. The first-order valence-corrected chi connectivity index (χ1v) is 8.03. The number of nitrogens with one attached hydrogen (secondary N) is 1. The number of methoxy groups -OCH3 is 1. The molecule has 1 amide bonds. The lowest BCUT2D eigenvalue weighted by Gasteiger charge is -2.23. The van der Waals surface area contributed by atoms with E-state index < -0.39 is 17.6 Å². The van der Waals surface area contributed by atoms with Crippen molar-refractivity contribution < 1.29 is 18.3 Å². The first-order valence-electron chi connectivity index (χ1n) is 8.03. The van der Waals surface area contributed by atoms with Crippen molar-refractivity contribution in [3.8, 4) is 11.4 Å². The van der Waals surface area contributed by atoms with E-state index in [1.54, 1.807) is 30.1 Å². The number of nitrogens with zero attached hydrogens (tertiary/aromatic N) is 2. The average molecular weight is 355 g/mol. The molecule has 1 N–H and O–H groups in total. The molecule has 0 unspecified atom stereocenters. The Labute approximate surface area is 148 Å². The maximum atomic E-state index is 14.3. The van der Waals surface area contributed by atoms with Crippen molar-refractivity contribution in [3.05, 3.63) is 71.7 Å². The predicted molar refractivity (Wildman–Crippen MR) is 91.6 cm³/mol. The number of anilines is 1. The van der Waals surface area contributed by atoms with Gasteiger partial charge >= 0.3 is 0 Å². The van der Waals surface area contributed by atoms with Crippen LogP contribution in [-0.2, 0) is 4.79 Å². The van der Waals surface area contributed by atoms with E-state index in [1.807, 2.05) is 12.1 Å². The van der Waals surface area contributed by atoms with E-state index in [9.17, 15) is 13.6 Å². The third kappa shape index (κ3) is 2.71. The highest BCUT2D eigenvalue weighted by Gasteiger charge is 2.32.